The van der Waals surface area contributed by atoms with Gasteiger partial charge in [-0.15, -0.1) is 0 Å². The molecule has 2 N–H and O–H groups in total. The number of fused-ring (bicyclic) bond motifs is 1. The molecule has 2 heterocycles. The topological polar surface area (TPSA) is 87.7 Å². The van der Waals surface area contributed by atoms with Crippen molar-refractivity contribution < 1.29 is 17.9 Å². The molecule has 0 aliphatic carbocycles. The first kappa shape index (κ1) is 12.4. The number of sulfone groups is 1. The van der Waals surface area contributed by atoms with Gasteiger partial charge >= 0.3 is 6.09 Å². The van der Waals surface area contributed by atoms with Gasteiger partial charge in [-0.25, -0.2) is 18.2 Å². The van der Waals surface area contributed by atoms with Gasteiger partial charge in [0.2, 0.25) is 0 Å². The summed E-state index contributed by atoms with van der Waals surface area (Å²) in [6.07, 6.45) is -0.608. The Hall–Kier alpha value is -1.09. The zero-order valence-electron chi connectivity index (χ0n) is 9.17. The first-order valence-electron chi connectivity index (χ1n) is 5.16. The summed E-state index contributed by atoms with van der Waals surface area (Å²) in [4.78, 5) is 11.7. The molecule has 0 saturated carbocycles. The van der Waals surface area contributed by atoms with Gasteiger partial charge in [0.05, 0.1) is 30.2 Å². The molecule has 2 atom stereocenters. The van der Waals surface area contributed by atoms with Gasteiger partial charge in [-0.05, 0) is 19.1 Å². The molecular formula is C8H13N3O4S2. The maximum absolute atomic E-state index is 11.7. The van der Waals surface area contributed by atoms with Crippen molar-refractivity contribution in [2.45, 2.75) is 19.0 Å². The quantitative estimate of drug-likeness (QED) is 0.595. The molecule has 0 aromatic heterocycles. The minimum Gasteiger partial charge on any atom is -0.448 e. The van der Waals surface area contributed by atoms with Crippen LogP contribution in [0.4, 0.5) is 4.79 Å². The van der Waals surface area contributed by atoms with Gasteiger partial charge in [0.25, 0.3) is 0 Å². The minimum absolute atomic E-state index is 0.0185. The van der Waals surface area contributed by atoms with Gasteiger partial charge in [0.1, 0.15) is 0 Å². The Morgan fingerprint density at radius 1 is 1.59 bits per heavy atom. The van der Waals surface area contributed by atoms with Crippen LogP contribution < -0.4 is 10.7 Å². The molecule has 96 valence electrons. The third-order valence-electron chi connectivity index (χ3n) is 2.66. The summed E-state index contributed by atoms with van der Waals surface area (Å²) in [7, 11) is -3.15. The normalized spacial score (nSPS) is 30.2. The van der Waals surface area contributed by atoms with Gasteiger partial charge in [0.15, 0.2) is 14.9 Å². The smallest absolute Gasteiger partial charge is 0.429 e. The second-order valence-corrected chi connectivity index (χ2v) is 6.47. The SMILES string of the molecule is CCOC(=O)N1NC(=S)N[C@@H]2CS(=O)(=O)C[C@@H]21. The number of nitrogens with zero attached hydrogens (tertiary/aromatic N) is 1. The van der Waals surface area contributed by atoms with Crippen LogP contribution in [-0.4, -0.2) is 54.8 Å². The number of rotatable bonds is 1. The molecule has 0 radical (unpaired) electrons. The first-order chi connectivity index (χ1) is 7.93. The standard InChI is InChI=1S/C8H13N3O4S2/c1-2-15-8(12)11-6-4-17(13,14)3-5(6)9-7(16)10-11/h5-6H,2-4H2,1H3,(H2,9,10,16)/t5-,6+/m1/s1. The van der Waals surface area contributed by atoms with Crippen LogP contribution in [0.3, 0.4) is 0 Å². The van der Waals surface area contributed by atoms with Crippen molar-refractivity contribution in [1.82, 2.24) is 15.8 Å². The predicted molar refractivity (Wildman–Crippen MR) is 64.0 cm³/mol. The van der Waals surface area contributed by atoms with Crippen LogP contribution in [0.25, 0.3) is 0 Å². The third kappa shape index (κ3) is 2.44. The second-order valence-electron chi connectivity index (χ2n) is 3.90. The van der Waals surface area contributed by atoms with E-state index in [4.69, 9.17) is 17.0 Å². The highest BCUT2D eigenvalue weighted by atomic mass is 32.2. The fraction of sp³-hybridized carbons (Fsp3) is 0.750. The van der Waals surface area contributed by atoms with Crippen molar-refractivity contribution in [3.05, 3.63) is 0 Å². The lowest BCUT2D eigenvalue weighted by molar-refractivity contribution is 0.0708. The lowest BCUT2D eigenvalue weighted by Gasteiger charge is -2.37. The number of hydrogen-bond acceptors (Lipinski definition) is 5. The molecule has 0 aromatic rings. The Morgan fingerprint density at radius 2 is 2.29 bits per heavy atom. The van der Waals surface area contributed by atoms with E-state index in [1.165, 1.54) is 0 Å². The minimum atomic E-state index is -3.15. The van der Waals surface area contributed by atoms with Crippen LogP contribution in [0.1, 0.15) is 6.92 Å². The van der Waals surface area contributed by atoms with Crippen LogP contribution in [0.5, 0.6) is 0 Å². The molecule has 2 aliphatic rings. The number of amides is 1. The van der Waals surface area contributed by atoms with Gasteiger partial charge in [-0.2, -0.15) is 0 Å². The fourth-order valence-corrected chi connectivity index (χ4v) is 4.13. The average Bonchev–Trinajstić information content (AvgIpc) is 2.51. The molecule has 2 fully saturated rings. The molecule has 2 saturated heterocycles. The summed E-state index contributed by atoms with van der Waals surface area (Å²) in [6.45, 7) is 1.91. The number of carbonyl (C=O) groups excluding carboxylic acids is 1. The Bertz CT molecular complexity index is 450. The van der Waals surface area contributed by atoms with Crippen molar-refractivity contribution in [3.63, 3.8) is 0 Å². The number of hydrazine groups is 1. The van der Waals surface area contributed by atoms with E-state index in [-0.39, 0.29) is 29.3 Å². The van der Waals surface area contributed by atoms with Gasteiger partial charge in [0, 0.05) is 0 Å². The highest BCUT2D eigenvalue weighted by Gasteiger charge is 2.46. The highest BCUT2D eigenvalue weighted by molar-refractivity contribution is 7.91. The summed E-state index contributed by atoms with van der Waals surface area (Å²) in [5, 5.41) is 4.25. The third-order valence-corrected chi connectivity index (χ3v) is 4.58. The molecule has 17 heavy (non-hydrogen) atoms. The van der Waals surface area contributed by atoms with Crippen molar-refractivity contribution in [2.24, 2.45) is 0 Å². The fourth-order valence-electron chi connectivity index (χ4n) is 1.99. The number of carbonyl (C=O) groups is 1. The van der Waals surface area contributed by atoms with Crippen LogP contribution in [0, 0.1) is 0 Å². The molecule has 0 bridgehead atoms. The Morgan fingerprint density at radius 3 is 2.94 bits per heavy atom. The largest absolute Gasteiger partial charge is 0.448 e. The highest BCUT2D eigenvalue weighted by Crippen LogP contribution is 2.20. The maximum Gasteiger partial charge on any atom is 0.429 e. The van der Waals surface area contributed by atoms with Crippen molar-refractivity contribution in [2.75, 3.05) is 18.1 Å². The number of thiocarbonyl (C=S) groups is 1. The summed E-state index contributed by atoms with van der Waals surface area (Å²) < 4.78 is 27.9. The summed E-state index contributed by atoms with van der Waals surface area (Å²) in [5.41, 5.74) is 2.62. The summed E-state index contributed by atoms with van der Waals surface area (Å²) >= 11 is 4.92. The Kier molecular flexibility index (Phi) is 3.13. The zero-order valence-corrected chi connectivity index (χ0v) is 10.8. The molecule has 7 nitrogen and oxygen atoms in total. The van der Waals surface area contributed by atoms with E-state index in [1.807, 2.05) is 0 Å². The summed E-state index contributed by atoms with van der Waals surface area (Å²) in [6, 6.07) is -0.844. The second kappa shape index (κ2) is 4.30. The predicted octanol–water partition coefficient (Wildman–Crippen LogP) is -0.997. The van der Waals surface area contributed by atoms with E-state index in [1.54, 1.807) is 6.92 Å². The molecular weight excluding hydrogens is 266 g/mol. The van der Waals surface area contributed by atoms with Crippen molar-refractivity contribution >= 4 is 33.3 Å². The molecule has 0 spiro atoms. The first-order valence-corrected chi connectivity index (χ1v) is 7.39. The van der Waals surface area contributed by atoms with E-state index in [0.717, 1.165) is 5.01 Å². The molecule has 2 rings (SSSR count). The van der Waals surface area contributed by atoms with E-state index in [9.17, 15) is 13.2 Å². The van der Waals surface area contributed by atoms with E-state index in [2.05, 4.69) is 10.7 Å². The molecule has 0 aromatic carbocycles. The van der Waals surface area contributed by atoms with Crippen molar-refractivity contribution in [3.8, 4) is 0 Å². The van der Waals surface area contributed by atoms with Gasteiger partial charge in [-0.1, -0.05) is 0 Å². The number of hydrogen-bond donors (Lipinski definition) is 2. The molecule has 9 heteroatoms. The van der Waals surface area contributed by atoms with Crippen LogP contribution >= 0.6 is 12.2 Å². The molecule has 1 amide bonds. The lowest BCUT2D eigenvalue weighted by Crippen LogP contribution is -2.67. The zero-order chi connectivity index (χ0) is 12.6. The lowest BCUT2D eigenvalue weighted by atomic mass is 10.1. The van der Waals surface area contributed by atoms with E-state index in [0.29, 0.717) is 0 Å². The molecule has 2 aliphatic heterocycles. The Balaban J connectivity index is 2.21. The monoisotopic (exact) mass is 279 g/mol. The van der Waals surface area contributed by atoms with E-state index < -0.39 is 22.0 Å². The van der Waals surface area contributed by atoms with Crippen LogP contribution in [0.2, 0.25) is 0 Å². The summed E-state index contributed by atoms with van der Waals surface area (Å²) in [5.74, 6) is -0.103. The van der Waals surface area contributed by atoms with Crippen LogP contribution in [-0.2, 0) is 14.6 Å². The maximum atomic E-state index is 11.7. The molecule has 0 unspecified atom stereocenters. The Labute approximate surface area is 104 Å². The average molecular weight is 279 g/mol. The van der Waals surface area contributed by atoms with E-state index >= 15 is 0 Å². The van der Waals surface area contributed by atoms with Crippen molar-refractivity contribution in [1.29, 1.82) is 0 Å². The van der Waals surface area contributed by atoms with Crippen LogP contribution in [0.15, 0.2) is 0 Å². The number of nitrogens with one attached hydrogen (secondary N) is 2. The number of ether oxygens (including phenoxy) is 1. The van der Waals surface area contributed by atoms with Gasteiger partial charge < -0.3 is 10.1 Å². The van der Waals surface area contributed by atoms with Gasteiger partial charge in [-0.3, -0.25) is 5.43 Å².